The Balaban J connectivity index is 3.16. The molecule has 0 aromatic rings. The number of allylic oxidation sites excluding steroid dienone is 1. The van der Waals surface area contributed by atoms with Crippen molar-refractivity contribution in [2.24, 2.45) is 0 Å². The van der Waals surface area contributed by atoms with Gasteiger partial charge in [0.05, 0.1) is 6.10 Å². The highest BCUT2D eigenvalue weighted by Crippen LogP contribution is 2.12. The summed E-state index contributed by atoms with van der Waals surface area (Å²) in [4.78, 5) is 0. The standard InChI is InChI=1S/C21H42O/c1-3-5-7-8-9-10-11-12-13-14-15-16-18-20-21(22)19-17-6-4-2/h18,20-22H,3-17,19H2,1-2H3. The SMILES string of the molecule is CCCCCCCCCCCCCC=CC(O)CCCCC. The van der Waals surface area contributed by atoms with Crippen LogP contribution < -0.4 is 0 Å². The minimum atomic E-state index is -0.209. The lowest BCUT2D eigenvalue weighted by molar-refractivity contribution is 0.208. The Kier molecular flexibility index (Phi) is 18.5. The molecule has 0 radical (unpaired) electrons. The Morgan fingerprint density at radius 3 is 1.64 bits per heavy atom. The van der Waals surface area contributed by atoms with Crippen molar-refractivity contribution in [2.45, 2.75) is 123 Å². The minimum Gasteiger partial charge on any atom is -0.389 e. The molecule has 1 atom stereocenters. The van der Waals surface area contributed by atoms with Crippen LogP contribution in [0.1, 0.15) is 117 Å². The lowest BCUT2D eigenvalue weighted by atomic mass is 10.0. The van der Waals surface area contributed by atoms with Crippen molar-refractivity contribution >= 4 is 0 Å². The Morgan fingerprint density at radius 1 is 0.636 bits per heavy atom. The van der Waals surface area contributed by atoms with Gasteiger partial charge in [-0.2, -0.15) is 0 Å². The summed E-state index contributed by atoms with van der Waals surface area (Å²) in [7, 11) is 0. The molecule has 0 spiro atoms. The smallest absolute Gasteiger partial charge is 0.0720 e. The molecule has 0 aliphatic heterocycles. The average Bonchev–Trinajstić information content (AvgIpc) is 2.52. The largest absolute Gasteiger partial charge is 0.389 e. The molecular formula is C21H42O. The van der Waals surface area contributed by atoms with Crippen LogP contribution in [-0.4, -0.2) is 11.2 Å². The fourth-order valence-electron chi connectivity index (χ4n) is 2.88. The zero-order valence-electron chi connectivity index (χ0n) is 15.5. The molecule has 0 aromatic heterocycles. The number of rotatable bonds is 17. The molecule has 0 heterocycles. The molecule has 0 aliphatic rings. The van der Waals surface area contributed by atoms with Crippen molar-refractivity contribution in [3.05, 3.63) is 12.2 Å². The Labute approximate surface area is 140 Å². The van der Waals surface area contributed by atoms with Gasteiger partial charge in [-0.25, -0.2) is 0 Å². The fraction of sp³-hybridized carbons (Fsp3) is 0.905. The van der Waals surface area contributed by atoms with E-state index in [0.29, 0.717) is 0 Å². The second-order valence-electron chi connectivity index (χ2n) is 6.82. The second-order valence-corrected chi connectivity index (χ2v) is 6.82. The summed E-state index contributed by atoms with van der Waals surface area (Å²) in [5.74, 6) is 0. The van der Waals surface area contributed by atoms with Gasteiger partial charge in [0.1, 0.15) is 0 Å². The topological polar surface area (TPSA) is 20.2 Å². The van der Waals surface area contributed by atoms with E-state index in [0.717, 1.165) is 19.3 Å². The van der Waals surface area contributed by atoms with Crippen LogP contribution in [0.25, 0.3) is 0 Å². The molecule has 1 nitrogen and oxygen atoms in total. The van der Waals surface area contributed by atoms with Crippen molar-refractivity contribution in [3.8, 4) is 0 Å². The summed E-state index contributed by atoms with van der Waals surface area (Å²) in [6, 6.07) is 0. The molecule has 0 bridgehead atoms. The number of unbranched alkanes of at least 4 members (excludes halogenated alkanes) is 13. The van der Waals surface area contributed by atoms with Crippen LogP contribution in [0.5, 0.6) is 0 Å². The first-order valence-corrected chi connectivity index (χ1v) is 10.2. The zero-order chi connectivity index (χ0) is 16.3. The minimum absolute atomic E-state index is 0.209. The van der Waals surface area contributed by atoms with Gasteiger partial charge in [0.2, 0.25) is 0 Å². The van der Waals surface area contributed by atoms with Crippen LogP contribution in [0.4, 0.5) is 0 Å². The molecule has 1 unspecified atom stereocenters. The lowest BCUT2D eigenvalue weighted by Crippen LogP contribution is -2.01. The van der Waals surface area contributed by atoms with E-state index in [1.807, 2.05) is 6.08 Å². The van der Waals surface area contributed by atoms with Gasteiger partial charge in [-0.3, -0.25) is 0 Å². The Hall–Kier alpha value is -0.300. The van der Waals surface area contributed by atoms with E-state index in [2.05, 4.69) is 19.9 Å². The predicted octanol–water partition coefficient (Wildman–Crippen LogP) is 7.18. The van der Waals surface area contributed by atoms with Gasteiger partial charge >= 0.3 is 0 Å². The van der Waals surface area contributed by atoms with E-state index >= 15 is 0 Å². The highest BCUT2D eigenvalue weighted by molar-refractivity contribution is 4.88. The molecule has 0 rings (SSSR count). The molecule has 0 saturated carbocycles. The van der Waals surface area contributed by atoms with Crippen LogP contribution in [0.3, 0.4) is 0 Å². The van der Waals surface area contributed by atoms with Crippen LogP contribution in [0.2, 0.25) is 0 Å². The van der Waals surface area contributed by atoms with Gasteiger partial charge in [-0.1, -0.05) is 109 Å². The average molecular weight is 311 g/mol. The highest BCUT2D eigenvalue weighted by Gasteiger charge is 1.97. The molecule has 132 valence electrons. The van der Waals surface area contributed by atoms with Crippen LogP contribution >= 0.6 is 0 Å². The zero-order valence-corrected chi connectivity index (χ0v) is 15.5. The molecule has 0 aromatic carbocycles. The van der Waals surface area contributed by atoms with Crippen LogP contribution in [0, 0.1) is 0 Å². The summed E-state index contributed by atoms with van der Waals surface area (Å²) in [6.07, 6.45) is 25.1. The van der Waals surface area contributed by atoms with Crippen LogP contribution in [-0.2, 0) is 0 Å². The lowest BCUT2D eigenvalue weighted by Gasteiger charge is -2.04. The van der Waals surface area contributed by atoms with E-state index in [-0.39, 0.29) is 6.10 Å². The van der Waals surface area contributed by atoms with Gasteiger partial charge < -0.3 is 5.11 Å². The fourth-order valence-corrected chi connectivity index (χ4v) is 2.88. The first-order chi connectivity index (χ1) is 10.8. The molecule has 1 N–H and O–H groups in total. The van der Waals surface area contributed by atoms with E-state index < -0.39 is 0 Å². The van der Waals surface area contributed by atoms with E-state index in [9.17, 15) is 5.11 Å². The third-order valence-corrected chi connectivity index (χ3v) is 4.44. The maximum absolute atomic E-state index is 9.77. The van der Waals surface area contributed by atoms with Gasteiger partial charge in [0.25, 0.3) is 0 Å². The number of hydrogen-bond donors (Lipinski definition) is 1. The highest BCUT2D eigenvalue weighted by atomic mass is 16.3. The number of hydrogen-bond acceptors (Lipinski definition) is 1. The summed E-state index contributed by atoms with van der Waals surface area (Å²) in [5, 5.41) is 9.77. The van der Waals surface area contributed by atoms with Crippen molar-refractivity contribution < 1.29 is 5.11 Å². The molecule has 0 aliphatic carbocycles. The molecular weight excluding hydrogens is 268 g/mol. The summed E-state index contributed by atoms with van der Waals surface area (Å²) in [6.45, 7) is 4.48. The van der Waals surface area contributed by atoms with Gasteiger partial charge in [0.15, 0.2) is 0 Å². The molecule has 0 amide bonds. The van der Waals surface area contributed by atoms with Gasteiger partial charge in [-0.15, -0.1) is 0 Å². The summed E-state index contributed by atoms with van der Waals surface area (Å²) in [5.41, 5.74) is 0. The second kappa shape index (κ2) is 18.7. The third kappa shape index (κ3) is 17.8. The van der Waals surface area contributed by atoms with Crippen molar-refractivity contribution in [1.82, 2.24) is 0 Å². The number of aliphatic hydroxyl groups excluding tert-OH is 1. The third-order valence-electron chi connectivity index (χ3n) is 4.44. The van der Waals surface area contributed by atoms with Gasteiger partial charge in [0, 0.05) is 0 Å². The molecule has 0 saturated heterocycles. The van der Waals surface area contributed by atoms with E-state index in [4.69, 9.17) is 0 Å². The monoisotopic (exact) mass is 310 g/mol. The molecule has 0 fully saturated rings. The van der Waals surface area contributed by atoms with Gasteiger partial charge in [-0.05, 0) is 19.3 Å². The first kappa shape index (κ1) is 21.7. The van der Waals surface area contributed by atoms with Crippen molar-refractivity contribution in [3.63, 3.8) is 0 Å². The first-order valence-electron chi connectivity index (χ1n) is 10.2. The molecule has 22 heavy (non-hydrogen) atoms. The van der Waals surface area contributed by atoms with Crippen molar-refractivity contribution in [1.29, 1.82) is 0 Å². The Morgan fingerprint density at radius 2 is 1.09 bits per heavy atom. The number of aliphatic hydroxyl groups is 1. The van der Waals surface area contributed by atoms with E-state index in [1.54, 1.807) is 0 Å². The Bertz CT molecular complexity index is 222. The summed E-state index contributed by atoms with van der Waals surface area (Å²) >= 11 is 0. The quantitative estimate of drug-likeness (QED) is 0.223. The molecule has 1 heteroatoms. The normalized spacial score (nSPS) is 13.0. The van der Waals surface area contributed by atoms with E-state index in [1.165, 1.54) is 83.5 Å². The summed E-state index contributed by atoms with van der Waals surface area (Å²) < 4.78 is 0. The van der Waals surface area contributed by atoms with Crippen LogP contribution in [0.15, 0.2) is 12.2 Å². The predicted molar refractivity (Wildman–Crippen MR) is 100 cm³/mol. The maximum Gasteiger partial charge on any atom is 0.0720 e. The maximum atomic E-state index is 9.77. The van der Waals surface area contributed by atoms with Crippen molar-refractivity contribution in [2.75, 3.05) is 0 Å².